The summed E-state index contributed by atoms with van der Waals surface area (Å²) in [6.07, 6.45) is 1.53. The van der Waals surface area contributed by atoms with Gasteiger partial charge < -0.3 is 9.80 Å². The molecule has 1 saturated heterocycles. The SMILES string of the molecule is CN(Cc1cccc(Cl)c1)C(=O)C1CCCN(C(=O)c2ccc(F)cc2)C1. The molecule has 1 unspecified atom stereocenters. The standard InChI is InChI=1S/C21H22ClFN2O2/c1-24(13-15-4-2-6-18(22)12-15)20(26)17-5-3-11-25(14-17)21(27)16-7-9-19(23)10-8-16/h2,4,6-10,12,17H,3,5,11,13-14H2,1H3. The number of carbonyl (C=O) groups excluding carboxylic acids is 2. The number of likely N-dealkylation sites (tertiary alicyclic amines) is 1. The van der Waals surface area contributed by atoms with Crippen molar-refractivity contribution in [1.82, 2.24) is 9.80 Å². The first-order valence-electron chi connectivity index (χ1n) is 8.98. The number of benzene rings is 2. The molecule has 0 N–H and O–H groups in total. The fraction of sp³-hybridized carbons (Fsp3) is 0.333. The van der Waals surface area contributed by atoms with Gasteiger partial charge in [0.05, 0.1) is 5.92 Å². The lowest BCUT2D eigenvalue weighted by Gasteiger charge is -2.34. The maximum absolute atomic E-state index is 13.1. The second-order valence-electron chi connectivity index (χ2n) is 6.92. The molecule has 2 amide bonds. The summed E-state index contributed by atoms with van der Waals surface area (Å²) in [5, 5.41) is 0.641. The predicted octanol–water partition coefficient (Wildman–Crippen LogP) is 3.99. The molecule has 1 atom stereocenters. The lowest BCUT2D eigenvalue weighted by molar-refractivity contribution is -0.136. The lowest BCUT2D eigenvalue weighted by atomic mass is 9.95. The Balaban J connectivity index is 1.63. The van der Waals surface area contributed by atoms with Gasteiger partial charge in [0, 0.05) is 37.3 Å². The fourth-order valence-corrected chi connectivity index (χ4v) is 3.65. The van der Waals surface area contributed by atoms with Crippen LogP contribution in [0.4, 0.5) is 4.39 Å². The topological polar surface area (TPSA) is 40.6 Å². The van der Waals surface area contributed by atoms with Gasteiger partial charge in [-0.2, -0.15) is 0 Å². The molecule has 0 aromatic heterocycles. The van der Waals surface area contributed by atoms with Crippen LogP contribution in [0.1, 0.15) is 28.8 Å². The van der Waals surface area contributed by atoms with Crippen molar-refractivity contribution in [3.63, 3.8) is 0 Å². The number of rotatable bonds is 4. The van der Waals surface area contributed by atoms with Crippen LogP contribution in [0.15, 0.2) is 48.5 Å². The van der Waals surface area contributed by atoms with E-state index in [1.54, 1.807) is 22.9 Å². The quantitative estimate of drug-likeness (QED) is 0.794. The highest BCUT2D eigenvalue weighted by molar-refractivity contribution is 6.30. The Kier molecular flexibility index (Phi) is 6.11. The van der Waals surface area contributed by atoms with E-state index >= 15 is 0 Å². The third-order valence-corrected chi connectivity index (χ3v) is 5.07. The van der Waals surface area contributed by atoms with Crippen LogP contribution in [0.2, 0.25) is 5.02 Å². The molecule has 0 saturated carbocycles. The maximum atomic E-state index is 13.1. The zero-order chi connectivity index (χ0) is 19.4. The molecule has 0 spiro atoms. The average Bonchev–Trinajstić information content (AvgIpc) is 2.67. The largest absolute Gasteiger partial charge is 0.341 e. The van der Waals surface area contributed by atoms with Crippen LogP contribution in [0.5, 0.6) is 0 Å². The third-order valence-electron chi connectivity index (χ3n) is 4.83. The Labute approximate surface area is 163 Å². The van der Waals surface area contributed by atoms with Gasteiger partial charge in [-0.15, -0.1) is 0 Å². The minimum absolute atomic E-state index is 0.0200. The molecule has 6 heteroatoms. The van der Waals surface area contributed by atoms with Crippen molar-refractivity contribution < 1.29 is 14.0 Å². The summed E-state index contributed by atoms with van der Waals surface area (Å²) in [7, 11) is 1.77. The maximum Gasteiger partial charge on any atom is 0.253 e. The van der Waals surface area contributed by atoms with Crippen LogP contribution in [0, 0.1) is 11.7 Å². The molecular weight excluding hydrogens is 367 g/mol. The third kappa shape index (κ3) is 4.86. The molecular formula is C21H22ClFN2O2. The Hall–Kier alpha value is -2.40. The van der Waals surface area contributed by atoms with Gasteiger partial charge >= 0.3 is 0 Å². The van der Waals surface area contributed by atoms with Crippen molar-refractivity contribution in [2.24, 2.45) is 5.92 Å². The lowest BCUT2D eigenvalue weighted by Crippen LogP contribution is -2.45. The number of hydrogen-bond donors (Lipinski definition) is 0. The molecule has 27 heavy (non-hydrogen) atoms. The van der Waals surface area contributed by atoms with Crippen molar-refractivity contribution in [3.8, 4) is 0 Å². The Morgan fingerprint density at radius 2 is 1.96 bits per heavy atom. The molecule has 1 aliphatic rings. The van der Waals surface area contributed by atoms with Crippen molar-refractivity contribution in [3.05, 3.63) is 70.5 Å². The van der Waals surface area contributed by atoms with Crippen LogP contribution in [-0.2, 0) is 11.3 Å². The summed E-state index contributed by atoms with van der Waals surface area (Å²) in [4.78, 5) is 28.9. The Morgan fingerprint density at radius 1 is 1.22 bits per heavy atom. The molecule has 2 aromatic rings. The van der Waals surface area contributed by atoms with Gasteiger partial charge in [-0.1, -0.05) is 23.7 Å². The summed E-state index contributed by atoms with van der Waals surface area (Å²) < 4.78 is 13.1. The molecule has 142 valence electrons. The van der Waals surface area contributed by atoms with E-state index in [9.17, 15) is 14.0 Å². The minimum atomic E-state index is -0.374. The van der Waals surface area contributed by atoms with E-state index in [0.717, 1.165) is 18.4 Å². The van der Waals surface area contributed by atoms with Gasteiger partial charge in [-0.3, -0.25) is 9.59 Å². The highest BCUT2D eigenvalue weighted by Gasteiger charge is 2.30. The molecule has 0 radical (unpaired) electrons. The van der Waals surface area contributed by atoms with Crippen molar-refractivity contribution in [2.45, 2.75) is 19.4 Å². The van der Waals surface area contributed by atoms with Gasteiger partial charge in [0.1, 0.15) is 5.82 Å². The highest BCUT2D eigenvalue weighted by Crippen LogP contribution is 2.22. The number of halogens is 2. The zero-order valence-corrected chi connectivity index (χ0v) is 16.0. The molecule has 1 fully saturated rings. The van der Waals surface area contributed by atoms with E-state index in [4.69, 9.17) is 11.6 Å². The number of carbonyl (C=O) groups is 2. The number of hydrogen-bond acceptors (Lipinski definition) is 2. The normalized spacial score (nSPS) is 16.9. The summed E-state index contributed by atoms with van der Waals surface area (Å²) >= 11 is 6.01. The number of amides is 2. The fourth-order valence-electron chi connectivity index (χ4n) is 3.44. The second-order valence-corrected chi connectivity index (χ2v) is 7.36. The Bertz CT molecular complexity index is 825. The van der Waals surface area contributed by atoms with E-state index in [0.29, 0.717) is 30.2 Å². The van der Waals surface area contributed by atoms with E-state index in [1.165, 1.54) is 24.3 Å². The summed E-state index contributed by atoms with van der Waals surface area (Å²) in [5.41, 5.74) is 1.41. The van der Waals surface area contributed by atoms with Gasteiger partial charge in [-0.25, -0.2) is 4.39 Å². The van der Waals surface area contributed by atoms with Gasteiger partial charge in [0.25, 0.3) is 5.91 Å². The van der Waals surface area contributed by atoms with E-state index in [-0.39, 0.29) is 23.5 Å². The van der Waals surface area contributed by atoms with Crippen LogP contribution < -0.4 is 0 Å². The molecule has 2 aromatic carbocycles. The van der Waals surface area contributed by atoms with E-state index in [1.807, 2.05) is 18.2 Å². The highest BCUT2D eigenvalue weighted by atomic mass is 35.5. The molecule has 0 bridgehead atoms. The molecule has 1 heterocycles. The molecule has 3 rings (SSSR count). The van der Waals surface area contributed by atoms with Crippen molar-refractivity contribution in [2.75, 3.05) is 20.1 Å². The predicted molar refractivity (Wildman–Crippen MR) is 103 cm³/mol. The van der Waals surface area contributed by atoms with Gasteiger partial charge in [-0.05, 0) is 54.8 Å². The first-order chi connectivity index (χ1) is 12.9. The average molecular weight is 389 g/mol. The number of nitrogens with zero attached hydrogens (tertiary/aromatic N) is 2. The number of piperidine rings is 1. The van der Waals surface area contributed by atoms with E-state index < -0.39 is 0 Å². The molecule has 0 aliphatic carbocycles. The minimum Gasteiger partial charge on any atom is -0.341 e. The molecule has 1 aliphatic heterocycles. The summed E-state index contributed by atoms with van der Waals surface area (Å²) in [6, 6.07) is 12.9. The monoisotopic (exact) mass is 388 g/mol. The summed E-state index contributed by atoms with van der Waals surface area (Å²) in [5.74, 6) is -0.746. The summed E-state index contributed by atoms with van der Waals surface area (Å²) in [6.45, 7) is 1.47. The van der Waals surface area contributed by atoms with Crippen LogP contribution in [0.3, 0.4) is 0 Å². The van der Waals surface area contributed by atoms with Crippen LogP contribution >= 0.6 is 11.6 Å². The smallest absolute Gasteiger partial charge is 0.253 e. The van der Waals surface area contributed by atoms with E-state index in [2.05, 4.69) is 0 Å². The molecule has 4 nitrogen and oxygen atoms in total. The van der Waals surface area contributed by atoms with Crippen molar-refractivity contribution >= 4 is 23.4 Å². The second kappa shape index (κ2) is 8.53. The van der Waals surface area contributed by atoms with Crippen LogP contribution in [0.25, 0.3) is 0 Å². The van der Waals surface area contributed by atoms with Gasteiger partial charge in [0.15, 0.2) is 0 Å². The van der Waals surface area contributed by atoms with Crippen molar-refractivity contribution in [1.29, 1.82) is 0 Å². The zero-order valence-electron chi connectivity index (χ0n) is 15.2. The van der Waals surface area contributed by atoms with Crippen LogP contribution in [-0.4, -0.2) is 41.8 Å². The first kappa shape index (κ1) is 19.4. The first-order valence-corrected chi connectivity index (χ1v) is 9.36. The Morgan fingerprint density at radius 3 is 2.67 bits per heavy atom. The van der Waals surface area contributed by atoms with Gasteiger partial charge in [0.2, 0.25) is 5.91 Å².